The van der Waals surface area contributed by atoms with Crippen molar-refractivity contribution < 1.29 is 9.59 Å². The van der Waals surface area contributed by atoms with Gasteiger partial charge in [-0.3, -0.25) is 3.95 Å². The van der Waals surface area contributed by atoms with Crippen LogP contribution in [0.15, 0.2) is 0 Å². The van der Waals surface area contributed by atoms with Crippen LogP contribution in [0.5, 0.6) is 0 Å². The molecule has 0 spiro atoms. The van der Waals surface area contributed by atoms with Crippen LogP contribution >= 0.6 is 22.9 Å². The van der Waals surface area contributed by atoms with Gasteiger partial charge in [0, 0.05) is 22.9 Å². The molecule has 0 atom stereocenters. The molecule has 0 rings (SSSR count). The van der Waals surface area contributed by atoms with E-state index in [1.165, 1.54) is 0 Å². The maximum Gasteiger partial charge on any atom is 0.101 e. The van der Waals surface area contributed by atoms with Crippen molar-refractivity contribution in [3.63, 3.8) is 0 Å². The molecule has 0 fully saturated rings. The Morgan fingerprint density at radius 1 is 1.33 bits per heavy atom. The molecule has 0 aliphatic rings. The fourth-order valence-electron chi connectivity index (χ4n) is 0.300. The van der Waals surface area contributed by atoms with Crippen LogP contribution in [0.3, 0.4) is 0 Å². The molecule has 0 saturated carbocycles. The summed E-state index contributed by atoms with van der Waals surface area (Å²) >= 11 is 1.65. The SMILES string of the molecule is C[N+](C)(C)CCO.NI. The molecule has 4 heteroatoms. The lowest BCUT2D eigenvalue weighted by atomic mass is 10.5. The van der Waals surface area contributed by atoms with Crippen LogP contribution in [0.1, 0.15) is 0 Å². The topological polar surface area (TPSA) is 46.2 Å². The number of likely N-dealkylation sites (N-methyl/N-ethyl adjacent to an activating group) is 1. The Morgan fingerprint density at radius 3 is 1.67 bits per heavy atom. The Kier molecular flexibility index (Phi) is 9.19. The molecule has 9 heavy (non-hydrogen) atoms. The summed E-state index contributed by atoms with van der Waals surface area (Å²) in [5, 5.41) is 8.39. The molecule has 0 aliphatic heterocycles. The van der Waals surface area contributed by atoms with E-state index in [0.717, 1.165) is 11.0 Å². The molecule has 0 aromatic carbocycles. The van der Waals surface area contributed by atoms with Crippen molar-refractivity contribution in [3.05, 3.63) is 0 Å². The minimum Gasteiger partial charge on any atom is -0.391 e. The average Bonchev–Trinajstić information content (AvgIpc) is 1.69. The number of quaternary nitrogens is 1. The molecular weight excluding hydrogens is 231 g/mol. The third-order valence-corrected chi connectivity index (χ3v) is 0.771. The first-order chi connectivity index (χ1) is 4.06. The molecule has 0 heterocycles. The van der Waals surface area contributed by atoms with Crippen LogP contribution < -0.4 is 3.95 Å². The van der Waals surface area contributed by atoms with E-state index in [2.05, 4.69) is 25.1 Å². The summed E-state index contributed by atoms with van der Waals surface area (Å²) < 4.78 is 5.31. The molecule has 0 unspecified atom stereocenters. The van der Waals surface area contributed by atoms with Crippen molar-refractivity contribution in [2.45, 2.75) is 0 Å². The predicted molar refractivity (Wildman–Crippen MR) is 48.2 cm³/mol. The van der Waals surface area contributed by atoms with Gasteiger partial charge in [0.25, 0.3) is 0 Å². The minimum absolute atomic E-state index is 0.281. The fraction of sp³-hybridized carbons (Fsp3) is 1.00. The number of rotatable bonds is 2. The van der Waals surface area contributed by atoms with E-state index in [-0.39, 0.29) is 6.61 Å². The maximum atomic E-state index is 8.39. The first-order valence-corrected chi connectivity index (χ1v) is 3.94. The number of aliphatic hydroxyl groups is 1. The molecule has 3 N–H and O–H groups in total. The normalized spacial score (nSPS) is 10.0. The molecular formula is C5H16IN2O+. The van der Waals surface area contributed by atoms with Crippen LogP contribution in [0.2, 0.25) is 0 Å². The van der Waals surface area contributed by atoms with Crippen molar-refractivity contribution in [1.29, 1.82) is 0 Å². The van der Waals surface area contributed by atoms with E-state index in [1.807, 2.05) is 0 Å². The van der Waals surface area contributed by atoms with E-state index >= 15 is 0 Å². The lowest BCUT2D eigenvalue weighted by molar-refractivity contribution is -0.870. The van der Waals surface area contributed by atoms with Gasteiger partial charge in [0.15, 0.2) is 0 Å². The third-order valence-electron chi connectivity index (χ3n) is 0.771. The second-order valence-electron chi connectivity index (χ2n) is 2.74. The summed E-state index contributed by atoms with van der Waals surface area (Å²) in [4.78, 5) is 0. The lowest BCUT2D eigenvalue weighted by Gasteiger charge is -2.21. The number of hydrogen-bond donors (Lipinski definition) is 2. The third kappa shape index (κ3) is 17.7. The molecule has 0 aliphatic carbocycles. The summed E-state index contributed by atoms with van der Waals surface area (Å²) in [5.41, 5.74) is 0. The zero-order valence-corrected chi connectivity index (χ0v) is 8.42. The van der Waals surface area contributed by atoms with Gasteiger partial charge >= 0.3 is 0 Å². The van der Waals surface area contributed by atoms with Crippen molar-refractivity contribution >= 4 is 22.9 Å². The van der Waals surface area contributed by atoms with Gasteiger partial charge in [-0.05, 0) is 0 Å². The highest BCUT2D eigenvalue weighted by Gasteiger charge is 2.02. The summed E-state index contributed by atoms with van der Waals surface area (Å²) in [6.07, 6.45) is 0. The van der Waals surface area contributed by atoms with Crippen LogP contribution in [0, 0.1) is 0 Å². The quantitative estimate of drug-likeness (QED) is 0.409. The molecule has 0 aromatic rings. The smallest absolute Gasteiger partial charge is 0.101 e. The Hall–Kier alpha value is 0.610. The molecule has 3 nitrogen and oxygen atoms in total. The Balaban J connectivity index is 0. The second-order valence-corrected chi connectivity index (χ2v) is 2.74. The number of aliphatic hydroxyl groups excluding tert-OH is 1. The summed E-state index contributed by atoms with van der Waals surface area (Å²) in [6, 6.07) is 0. The van der Waals surface area contributed by atoms with Gasteiger partial charge in [-0.25, -0.2) is 0 Å². The monoisotopic (exact) mass is 247 g/mol. The van der Waals surface area contributed by atoms with E-state index in [0.29, 0.717) is 0 Å². The van der Waals surface area contributed by atoms with Crippen LogP contribution in [0.4, 0.5) is 0 Å². The largest absolute Gasteiger partial charge is 0.391 e. The highest BCUT2D eigenvalue weighted by atomic mass is 127. The van der Waals surface area contributed by atoms with Crippen LogP contribution in [-0.4, -0.2) is 43.9 Å². The first kappa shape index (κ1) is 12.3. The highest BCUT2D eigenvalue weighted by molar-refractivity contribution is 14.1. The van der Waals surface area contributed by atoms with E-state index in [4.69, 9.17) is 5.11 Å². The zero-order valence-electron chi connectivity index (χ0n) is 6.26. The average molecular weight is 247 g/mol. The van der Waals surface area contributed by atoms with Crippen molar-refractivity contribution in [3.8, 4) is 0 Å². The summed E-state index contributed by atoms with van der Waals surface area (Å²) in [5.74, 6) is 0. The summed E-state index contributed by atoms with van der Waals surface area (Å²) in [6.45, 7) is 1.11. The Bertz CT molecular complexity index is 53.4. The fourth-order valence-corrected chi connectivity index (χ4v) is 0.300. The molecule has 58 valence electrons. The molecule has 0 bridgehead atoms. The zero-order chi connectivity index (χ0) is 7.91. The van der Waals surface area contributed by atoms with Crippen molar-refractivity contribution in [2.24, 2.45) is 3.95 Å². The van der Waals surface area contributed by atoms with Crippen LogP contribution in [0.25, 0.3) is 0 Å². The Labute approximate surface area is 70.9 Å². The van der Waals surface area contributed by atoms with Crippen LogP contribution in [-0.2, 0) is 0 Å². The second kappa shape index (κ2) is 6.73. The summed E-state index contributed by atoms with van der Waals surface area (Å²) in [7, 11) is 6.16. The molecule has 0 aromatic heterocycles. The standard InChI is InChI=1S/C5H14NO.H2IN/c1-6(2,3)4-5-7;1-2/h7H,4-5H2,1-3H3;2H2/q+1;. The van der Waals surface area contributed by atoms with Gasteiger partial charge in [0.2, 0.25) is 0 Å². The lowest BCUT2D eigenvalue weighted by Crippen LogP contribution is -2.36. The minimum atomic E-state index is 0.281. The predicted octanol–water partition coefficient (Wildman–Crippen LogP) is -0.0200. The van der Waals surface area contributed by atoms with Gasteiger partial charge in [-0.15, -0.1) is 0 Å². The van der Waals surface area contributed by atoms with E-state index < -0.39 is 0 Å². The number of hydrogen-bond acceptors (Lipinski definition) is 2. The van der Waals surface area contributed by atoms with Gasteiger partial charge in [0.1, 0.15) is 6.54 Å². The van der Waals surface area contributed by atoms with Gasteiger partial charge in [-0.2, -0.15) is 0 Å². The molecule has 0 radical (unpaired) electrons. The number of nitrogens with two attached hydrogens (primary N) is 1. The molecule has 0 saturated heterocycles. The number of nitrogens with zero attached hydrogens (tertiary/aromatic N) is 1. The Morgan fingerprint density at radius 2 is 1.67 bits per heavy atom. The number of halogens is 1. The van der Waals surface area contributed by atoms with Gasteiger partial charge in [-0.1, -0.05) is 0 Å². The molecule has 0 amide bonds. The maximum absolute atomic E-state index is 8.39. The highest BCUT2D eigenvalue weighted by Crippen LogP contribution is 1.84. The van der Waals surface area contributed by atoms with Gasteiger partial charge in [0.05, 0.1) is 27.7 Å². The van der Waals surface area contributed by atoms with E-state index in [9.17, 15) is 0 Å². The van der Waals surface area contributed by atoms with E-state index in [1.54, 1.807) is 22.9 Å². The first-order valence-electron chi connectivity index (χ1n) is 2.69. The van der Waals surface area contributed by atoms with Crippen molar-refractivity contribution in [1.82, 2.24) is 0 Å². The van der Waals surface area contributed by atoms with Crippen molar-refractivity contribution in [2.75, 3.05) is 34.3 Å². The van der Waals surface area contributed by atoms with Gasteiger partial charge < -0.3 is 9.59 Å².